The number of anilines is 1. The number of hydrogen-bond acceptors (Lipinski definition) is 6. The van der Waals surface area contributed by atoms with Crippen LogP contribution in [0.15, 0.2) is 42.9 Å². The summed E-state index contributed by atoms with van der Waals surface area (Å²) in [6.07, 6.45) is 4.41. The van der Waals surface area contributed by atoms with Gasteiger partial charge in [0, 0.05) is 42.7 Å². The van der Waals surface area contributed by atoms with Crippen LogP contribution in [0.5, 0.6) is 0 Å². The Morgan fingerprint density at radius 2 is 1.76 bits per heavy atom. The van der Waals surface area contributed by atoms with E-state index in [2.05, 4.69) is 15.0 Å². The molecule has 3 heterocycles. The van der Waals surface area contributed by atoms with Crippen LogP contribution in [0, 0.1) is 11.6 Å². The predicted molar refractivity (Wildman–Crippen MR) is 106 cm³/mol. The van der Waals surface area contributed by atoms with Crippen molar-refractivity contribution in [3.63, 3.8) is 0 Å². The van der Waals surface area contributed by atoms with Crippen molar-refractivity contribution in [2.75, 3.05) is 29.5 Å². The van der Waals surface area contributed by atoms with Crippen LogP contribution < -0.4 is 4.90 Å². The summed E-state index contributed by atoms with van der Waals surface area (Å²) in [5.74, 6) is -0.978. The third kappa shape index (κ3) is 4.06. The molecular formula is C19H15ClF2N4O2S. The number of hydrogen-bond donors (Lipinski definition) is 0. The van der Waals surface area contributed by atoms with Gasteiger partial charge in [0.15, 0.2) is 9.84 Å². The van der Waals surface area contributed by atoms with E-state index in [9.17, 15) is 17.2 Å². The Morgan fingerprint density at radius 3 is 2.45 bits per heavy atom. The fourth-order valence-electron chi connectivity index (χ4n) is 3.11. The molecule has 4 rings (SSSR count). The second kappa shape index (κ2) is 7.64. The molecule has 0 N–H and O–H groups in total. The minimum absolute atomic E-state index is 0.0222. The molecule has 10 heteroatoms. The van der Waals surface area contributed by atoms with Gasteiger partial charge in [-0.05, 0) is 18.2 Å². The number of aromatic nitrogens is 3. The maximum atomic E-state index is 14.4. The molecule has 1 aromatic carbocycles. The van der Waals surface area contributed by atoms with E-state index in [1.165, 1.54) is 24.7 Å². The number of pyridine rings is 1. The van der Waals surface area contributed by atoms with Crippen molar-refractivity contribution < 1.29 is 17.2 Å². The molecule has 0 radical (unpaired) electrons. The zero-order valence-corrected chi connectivity index (χ0v) is 16.6. The summed E-state index contributed by atoms with van der Waals surface area (Å²) in [4.78, 5) is 14.7. The van der Waals surface area contributed by atoms with Gasteiger partial charge >= 0.3 is 0 Å². The predicted octanol–water partition coefficient (Wildman–Crippen LogP) is 3.37. The van der Waals surface area contributed by atoms with Gasteiger partial charge in [-0.2, -0.15) is 0 Å². The zero-order valence-electron chi connectivity index (χ0n) is 15.0. The van der Waals surface area contributed by atoms with Crippen molar-refractivity contribution in [1.82, 2.24) is 15.0 Å². The second-order valence-electron chi connectivity index (χ2n) is 6.54. The van der Waals surface area contributed by atoms with E-state index in [-0.39, 0.29) is 35.9 Å². The van der Waals surface area contributed by atoms with Crippen LogP contribution in [0.4, 0.5) is 14.6 Å². The zero-order chi connectivity index (χ0) is 20.6. The van der Waals surface area contributed by atoms with Gasteiger partial charge in [-0.1, -0.05) is 11.6 Å². The summed E-state index contributed by atoms with van der Waals surface area (Å²) in [5.41, 5.74) is 1.06. The van der Waals surface area contributed by atoms with Crippen LogP contribution >= 0.6 is 11.6 Å². The Kier molecular flexibility index (Phi) is 5.18. The standard InChI is InChI=1S/C19H15ClF2N4O2S/c20-15-10-23-4-3-13(15)19-18(14-2-1-12(21)9-16(14)22)24-11-17(25-19)26-5-7-29(27,28)8-6-26/h1-4,9-11H,5-8H2. The number of rotatable bonds is 3. The minimum Gasteiger partial charge on any atom is -0.353 e. The van der Waals surface area contributed by atoms with Gasteiger partial charge in [0.1, 0.15) is 23.1 Å². The highest BCUT2D eigenvalue weighted by atomic mass is 35.5. The van der Waals surface area contributed by atoms with Gasteiger partial charge in [-0.3, -0.25) is 4.98 Å². The third-order valence-electron chi connectivity index (χ3n) is 4.64. The van der Waals surface area contributed by atoms with Crippen LogP contribution in [-0.2, 0) is 9.84 Å². The van der Waals surface area contributed by atoms with Crippen molar-refractivity contribution in [3.8, 4) is 22.5 Å². The molecule has 29 heavy (non-hydrogen) atoms. The number of sulfone groups is 1. The first-order chi connectivity index (χ1) is 13.8. The maximum Gasteiger partial charge on any atom is 0.153 e. The molecule has 0 saturated carbocycles. The quantitative estimate of drug-likeness (QED) is 0.626. The third-order valence-corrected chi connectivity index (χ3v) is 6.55. The monoisotopic (exact) mass is 436 g/mol. The fraction of sp³-hybridized carbons (Fsp3) is 0.211. The van der Waals surface area contributed by atoms with Gasteiger partial charge < -0.3 is 4.90 Å². The van der Waals surface area contributed by atoms with E-state index in [4.69, 9.17) is 11.6 Å². The molecule has 0 amide bonds. The Labute approximate surface area is 171 Å². The molecule has 0 atom stereocenters. The van der Waals surface area contributed by atoms with E-state index in [1.807, 2.05) is 0 Å². The summed E-state index contributed by atoms with van der Waals surface area (Å²) in [5, 5.41) is 0.295. The molecule has 0 aliphatic carbocycles. The van der Waals surface area contributed by atoms with Crippen LogP contribution in [0.25, 0.3) is 22.5 Å². The van der Waals surface area contributed by atoms with E-state index in [0.717, 1.165) is 12.1 Å². The number of halogens is 3. The van der Waals surface area contributed by atoms with Crippen molar-refractivity contribution in [2.45, 2.75) is 0 Å². The van der Waals surface area contributed by atoms with E-state index < -0.39 is 21.5 Å². The molecule has 3 aromatic rings. The lowest BCUT2D eigenvalue weighted by Crippen LogP contribution is -2.40. The van der Waals surface area contributed by atoms with Crippen molar-refractivity contribution in [3.05, 3.63) is 59.5 Å². The average molecular weight is 437 g/mol. The normalized spacial score (nSPS) is 16.0. The highest BCUT2D eigenvalue weighted by molar-refractivity contribution is 7.91. The van der Waals surface area contributed by atoms with Crippen molar-refractivity contribution in [2.24, 2.45) is 0 Å². The minimum atomic E-state index is -3.06. The maximum absolute atomic E-state index is 14.4. The molecule has 2 aromatic heterocycles. The van der Waals surface area contributed by atoms with Gasteiger partial charge in [0.05, 0.1) is 28.4 Å². The lowest BCUT2D eigenvalue weighted by atomic mass is 10.0. The topological polar surface area (TPSA) is 76.1 Å². The van der Waals surface area contributed by atoms with Crippen LogP contribution in [-0.4, -0.2) is 48.0 Å². The first kappa shape index (κ1) is 19.7. The smallest absolute Gasteiger partial charge is 0.153 e. The van der Waals surface area contributed by atoms with E-state index in [0.29, 0.717) is 22.1 Å². The molecule has 6 nitrogen and oxygen atoms in total. The lowest BCUT2D eigenvalue weighted by molar-refractivity contribution is 0.584. The summed E-state index contributed by atoms with van der Waals surface area (Å²) >= 11 is 6.28. The van der Waals surface area contributed by atoms with Crippen LogP contribution in [0.1, 0.15) is 0 Å². The Morgan fingerprint density at radius 1 is 1.00 bits per heavy atom. The molecule has 1 saturated heterocycles. The molecule has 1 aliphatic rings. The molecule has 1 aliphatic heterocycles. The number of nitrogens with zero attached hydrogens (tertiary/aromatic N) is 4. The van der Waals surface area contributed by atoms with Crippen LogP contribution in [0.3, 0.4) is 0 Å². The van der Waals surface area contributed by atoms with Crippen molar-refractivity contribution >= 4 is 27.3 Å². The molecule has 1 fully saturated rings. The van der Waals surface area contributed by atoms with Gasteiger partial charge in [-0.25, -0.2) is 27.2 Å². The fourth-order valence-corrected chi connectivity index (χ4v) is 4.52. The first-order valence-electron chi connectivity index (χ1n) is 8.72. The van der Waals surface area contributed by atoms with Gasteiger partial charge in [0.25, 0.3) is 0 Å². The number of benzene rings is 1. The summed E-state index contributed by atoms with van der Waals surface area (Å²) < 4.78 is 51.2. The van der Waals surface area contributed by atoms with Crippen LogP contribution in [0.2, 0.25) is 5.02 Å². The molecule has 0 bridgehead atoms. The second-order valence-corrected chi connectivity index (χ2v) is 9.25. The average Bonchev–Trinajstić information content (AvgIpc) is 2.68. The molecule has 150 valence electrons. The highest BCUT2D eigenvalue weighted by Gasteiger charge is 2.25. The molecular weight excluding hydrogens is 422 g/mol. The Bertz CT molecular complexity index is 1180. The highest BCUT2D eigenvalue weighted by Crippen LogP contribution is 2.35. The largest absolute Gasteiger partial charge is 0.353 e. The van der Waals surface area contributed by atoms with E-state index in [1.54, 1.807) is 11.0 Å². The van der Waals surface area contributed by atoms with Gasteiger partial charge in [0.2, 0.25) is 0 Å². The first-order valence-corrected chi connectivity index (χ1v) is 10.9. The summed E-state index contributed by atoms with van der Waals surface area (Å²) in [7, 11) is -3.06. The Hall–Kier alpha value is -2.65. The summed E-state index contributed by atoms with van der Waals surface area (Å²) in [6.45, 7) is 0.565. The molecule has 0 spiro atoms. The van der Waals surface area contributed by atoms with E-state index >= 15 is 0 Å². The summed E-state index contributed by atoms with van der Waals surface area (Å²) in [6, 6.07) is 4.84. The lowest BCUT2D eigenvalue weighted by Gasteiger charge is -2.28. The van der Waals surface area contributed by atoms with Gasteiger partial charge in [-0.15, -0.1) is 0 Å². The SMILES string of the molecule is O=S1(=O)CCN(c2cnc(-c3ccc(F)cc3F)c(-c3ccncc3Cl)n2)CC1. The van der Waals surface area contributed by atoms with Crippen molar-refractivity contribution in [1.29, 1.82) is 0 Å². The Balaban J connectivity index is 1.85. The molecule has 0 unspecified atom stereocenters.